The summed E-state index contributed by atoms with van der Waals surface area (Å²) in [6.07, 6.45) is 2.61. The Morgan fingerprint density at radius 2 is 2.00 bits per heavy atom. The number of rotatable bonds is 7. The van der Waals surface area contributed by atoms with E-state index in [2.05, 4.69) is 5.32 Å². The third-order valence-electron chi connectivity index (χ3n) is 3.97. The summed E-state index contributed by atoms with van der Waals surface area (Å²) in [5.74, 6) is -1.49. The van der Waals surface area contributed by atoms with E-state index in [-0.39, 0.29) is 28.8 Å². The Morgan fingerprint density at radius 3 is 2.60 bits per heavy atom. The molecule has 1 aromatic heterocycles. The molecule has 0 saturated carbocycles. The number of hydrogen-bond donors (Lipinski definition) is 1. The Kier molecular flexibility index (Phi) is 7.43. The summed E-state index contributed by atoms with van der Waals surface area (Å²) >= 11 is 0.986. The van der Waals surface area contributed by atoms with Gasteiger partial charge in [-0.15, -0.1) is 11.3 Å². The van der Waals surface area contributed by atoms with Crippen LogP contribution >= 0.6 is 11.3 Å². The number of nitro benzene ring substituents is 1. The SMILES string of the molecule is CCOC(=O)c1c(NC(=O)/C=C/c2cccc([N+](=O)[O-])c2)sc(C(=O)N(C)C)c1C. The van der Waals surface area contributed by atoms with Crippen LogP contribution < -0.4 is 5.32 Å². The number of esters is 1. The highest BCUT2D eigenvalue weighted by Crippen LogP contribution is 2.34. The standard InChI is InChI=1S/C20H21N3O6S/c1-5-29-20(26)16-12(2)17(19(25)22(3)4)30-18(16)21-15(24)10-9-13-7-6-8-14(11-13)23(27)28/h6-11H,5H2,1-4H3,(H,21,24)/b10-9+. The Morgan fingerprint density at radius 1 is 1.30 bits per heavy atom. The number of anilines is 1. The van der Waals surface area contributed by atoms with Crippen LogP contribution in [0, 0.1) is 17.0 Å². The van der Waals surface area contributed by atoms with Gasteiger partial charge < -0.3 is 15.0 Å². The van der Waals surface area contributed by atoms with Gasteiger partial charge in [0.1, 0.15) is 5.00 Å². The van der Waals surface area contributed by atoms with E-state index in [0.29, 0.717) is 16.0 Å². The van der Waals surface area contributed by atoms with Crippen molar-refractivity contribution < 1.29 is 24.0 Å². The molecule has 2 amide bonds. The first-order valence-corrected chi connectivity index (χ1v) is 9.73. The Labute approximate surface area is 177 Å². The molecule has 158 valence electrons. The van der Waals surface area contributed by atoms with Gasteiger partial charge in [-0.1, -0.05) is 12.1 Å². The van der Waals surface area contributed by atoms with Gasteiger partial charge in [0.05, 0.1) is 22.0 Å². The van der Waals surface area contributed by atoms with Crippen LogP contribution in [0.15, 0.2) is 30.3 Å². The predicted octanol–water partition coefficient (Wildman–Crippen LogP) is 3.50. The van der Waals surface area contributed by atoms with Crippen molar-refractivity contribution in [1.29, 1.82) is 0 Å². The molecule has 0 aliphatic rings. The van der Waals surface area contributed by atoms with Crippen molar-refractivity contribution in [1.82, 2.24) is 4.90 Å². The number of thiophene rings is 1. The summed E-state index contributed by atoms with van der Waals surface area (Å²) in [4.78, 5) is 49.2. The summed E-state index contributed by atoms with van der Waals surface area (Å²) in [6, 6.07) is 5.80. The number of carbonyl (C=O) groups excluding carboxylic acids is 3. The van der Waals surface area contributed by atoms with Gasteiger partial charge in [0.25, 0.3) is 11.6 Å². The van der Waals surface area contributed by atoms with Crippen molar-refractivity contribution in [2.75, 3.05) is 26.0 Å². The van der Waals surface area contributed by atoms with Crippen molar-refractivity contribution in [2.45, 2.75) is 13.8 Å². The Hall–Kier alpha value is -3.53. The topological polar surface area (TPSA) is 119 Å². The summed E-state index contributed by atoms with van der Waals surface area (Å²) in [5, 5.41) is 13.7. The summed E-state index contributed by atoms with van der Waals surface area (Å²) < 4.78 is 5.06. The van der Waals surface area contributed by atoms with E-state index in [1.165, 1.54) is 35.3 Å². The molecule has 1 aromatic carbocycles. The number of hydrogen-bond acceptors (Lipinski definition) is 7. The molecule has 0 radical (unpaired) electrons. The molecular weight excluding hydrogens is 410 g/mol. The first-order chi connectivity index (χ1) is 14.1. The number of carbonyl (C=O) groups is 3. The lowest BCUT2D eigenvalue weighted by Crippen LogP contribution is -2.21. The van der Waals surface area contributed by atoms with Crippen LogP contribution in [0.5, 0.6) is 0 Å². The maximum atomic E-state index is 12.4. The second-order valence-corrected chi connectivity index (χ2v) is 7.38. The second kappa shape index (κ2) is 9.79. The molecule has 0 unspecified atom stereocenters. The largest absolute Gasteiger partial charge is 0.462 e. The molecule has 0 aliphatic heterocycles. The minimum absolute atomic E-state index is 0.0946. The number of nitrogens with one attached hydrogen (secondary N) is 1. The minimum Gasteiger partial charge on any atom is -0.462 e. The Bertz CT molecular complexity index is 1030. The number of nitro groups is 1. The fourth-order valence-corrected chi connectivity index (χ4v) is 3.74. The van der Waals surface area contributed by atoms with Gasteiger partial charge in [-0.3, -0.25) is 19.7 Å². The van der Waals surface area contributed by atoms with Crippen LogP contribution in [0.3, 0.4) is 0 Å². The summed E-state index contributed by atoms with van der Waals surface area (Å²) in [7, 11) is 3.18. The lowest BCUT2D eigenvalue weighted by molar-refractivity contribution is -0.384. The molecule has 0 bridgehead atoms. The van der Waals surface area contributed by atoms with Crippen molar-refractivity contribution in [3.05, 3.63) is 62.0 Å². The monoisotopic (exact) mass is 431 g/mol. The van der Waals surface area contributed by atoms with Gasteiger partial charge in [-0.25, -0.2) is 4.79 Å². The van der Waals surface area contributed by atoms with Gasteiger partial charge in [-0.05, 0) is 31.1 Å². The molecular formula is C20H21N3O6S. The lowest BCUT2D eigenvalue weighted by Gasteiger charge is -2.09. The maximum Gasteiger partial charge on any atom is 0.341 e. The lowest BCUT2D eigenvalue weighted by atomic mass is 10.1. The number of amides is 2. The first kappa shape index (κ1) is 22.8. The van der Waals surface area contributed by atoms with E-state index in [1.807, 2.05) is 0 Å². The molecule has 0 spiro atoms. The van der Waals surface area contributed by atoms with E-state index in [4.69, 9.17) is 4.74 Å². The van der Waals surface area contributed by atoms with E-state index >= 15 is 0 Å². The van der Waals surface area contributed by atoms with Gasteiger partial charge in [0.15, 0.2) is 0 Å². The molecule has 10 heteroatoms. The highest BCUT2D eigenvalue weighted by Gasteiger charge is 2.27. The van der Waals surface area contributed by atoms with Crippen LogP contribution in [-0.4, -0.2) is 48.3 Å². The zero-order valence-corrected chi connectivity index (χ0v) is 17.7. The normalized spacial score (nSPS) is 10.7. The van der Waals surface area contributed by atoms with Crippen LogP contribution in [0.1, 0.15) is 38.1 Å². The minimum atomic E-state index is -0.637. The predicted molar refractivity (Wildman–Crippen MR) is 114 cm³/mol. The smallest absolute Gasteiger partial charge is 0.341 e. The molecule has 9 nitrogen and oxygen atoms in total. The molecule has 30 heavy (non-hydrogen) atoms. The van der Waals surface area contributed by atoms with Crippen LogP contribution in [-0.2, 0) is 9.53 Å². The number of non-ortho nitro benzene ring substituents is 1. The van der Waals surface area contributed by atoms with Crippen LogP contribution in [0.2, 0.25) is 0 Å². The molecule has 1 heterocycles. The van der Waals surface area contributed by atoms with Gasteiger partial charge >= 0.3 is 5.97 Å². The zero-order valence-electron chi connectivity index (χ0n) is 16.9. The molecule has 0 saturated heterocycles. The molecule has 2 rings (SSSR count). The molecule has 2 aromatic rings. The Balaban J connectivity index is 2.31. The quantitative estimate of drug-likeness (QED) is 0.310. The van der Waals surface area contributed by atoms with Crippen molar-refractivity contribution in [3.8, 4) is 0 Å². The maximum absolute atomic E-state index is 12.4. The molecule has 0 atom stereocenters. The van der Waals surface area contributed by atoms with Crippen LogP contribution in [0.25, 0.3) is 6.08 Å². The number of benzene rings is 1. The van der Waals surface area contributed by atoms with E-state index in [1.54, 1.807) is 34.0 Å². The van der Waals surface area contributed by atoms with Crippen molar-refractivity contribution in [3.63, 3.8) is 0 Å². The van der Waals surface area contributed by atoms with Crippen molar-refractivity contribution >= 4 is 45.9 Å². The van der Waals surface area contributed by atoms with Gasteiger partial charge in [-0.2, -0.15) is 0 Å². The van der Waals surface area contributed by atoms with E-state index in [9.17, 15) is 24.5 Å². The number of nitrogens with zero attached hydrogens (tertiary/aromatic N) is 2. The summed E-state index contributed by atoms with van der Waals surface area (Å²) in [5.41, 5.74) is 0.929. The highest BCUT2D eigenvalue weighted by atomic mass is 32.1. The third kappa shape index (κ3) is 5.29. The molecule has 1 N–H and O–H groups in total. The summed E-state index contributed by atoms with van der Waals surface area (Å²) in [6.45, 7) is 3.42. The van der Waals surface area contributed by atoms with Crippen LogP contribution in [0.4, 0.5) is 10.7 Å². The zero-order chi connectivity index (χ0) is 22.4. The molecule has 0 fully saturated rings. The second-order valence-electron chi connectivity index (χ2n) is 6.36. The van der Waals surface area contributed by atoms with Crippen molar-refractivity contribution in [2.24, 2.45) is 0 Å². The van der Waals surface area contributed by atoms with E-state index in [0.717, 1.165) is 11.3 Å². The fraction of sp³-hybridized carbons (Fsp3) is 0.250. The average Bonchev–Trinajstić information content (AvgIpc) is 3.01. The van der Waals surface area contributed by atoms with Gasteiger partial charge in [0.2, 0.25) is 5.91 Å². The van der Waals surface area contributed by atoms with E-state index < -0.39 is 16.8 Å². The van der Waals surface area contributed by atoms with Gasteiger partial charge in [0, 0.05) is 32.3 Å². The third-order valence-corrected chi connectivity index (χ3v) is 5.17. The highest BCUT2D eigenvalue weighted by molar-refractivity contribution is 7.18. The molecule has 0 aliphatic carbocycles. The first-order valence-electron chi connectivity index (χ1n) is 8.91. The number of ether oxygens (including phenoxy) is 1. The average molecular weight is 431 g/mol. The fourth-order valence-electron chi connectivity index (χ4n) is 2.53.